The van der Waals surface area contributed by atoms with Gasteiger partial charge in [-0.05, 0) is 20.3 Å². The minimum Gasteiger partial charge on any atom is -0.391 e. The fourth-order valence-corrected chi connectivity index (χ4v) is 4.00. The lowest BCUT2D eigenvalue weighted by Crippen LogP contribution is -2.60. The van der Waals surface area contributed by atoms with Crippen LogP contribution in [0.1, 0.15) is 26.7 Å². The van der Waals surface area contributed by atoms with Gasteiger partial charge >= 0.3 is 7.60 Å². The first-order chi connectivity index (χ1) is 9.80. The average Bonchev–Trinajstić information content (AvgIpc) is 2.43. The molecule has 126 valence electrons. The Morgan fingerprint density at radius 3 is 2.33 bits per heavy atom. The molecule has 9 heteroatoms. The summed E-state index contributed by atoms with van der Waals surface area (Å²) in [6.45, 7) is 3.03. The first kappa shape index (κ1) is 19.0. The van der Waals surface area contributed by atoms with Gasteiger partial charge in [0.15, 0.2) is 0 Å². The van der Waals surface area contributed by atoms with Crippen molar-refractivity contribution in [3.63, 3.8) is 0 Å². The van der Waals surface area contributed by atoms with Gasteiger partial charge in [-0.2, -0.15) is 0 Å². The van der Waals surface area contributed by atoms with Crippen LogP contribution in [0, 0.1) is 0 Å². The molecular formula is C12H25O8P. The number of rotatable bonds is 8. The third-order valence-electron chi connectivity index (χ3n) is 3.30. The number of hydrogen-bond acceptors (Lipinski definition) is 8. The van der Waals surface area contributed by atoms with Crippen LogP contribution < -0.4 is 0 Å². The van der Waals surface area contributed by atoms with Crippen LogP contribution >= 0.6 is 7.60 Å². The lowest BCUT2D eigenvalue weighted by molar-refractivity contribution is -0.332. The molecule has 0 aliphatic carbocycles. The summed E-state index contributed by atoms with van der Waals surface area (Å²) in [5.41, 5.74) is 0. The van der Waals surface area contributed by atoms with Gasteiger partial charge in [0, 0.05) is 6.42 Å². The van der Waals surface area contributed by atoms with Crippen molar-refractivity contribution in [3.8, 4) is 0 Å². The molecule has 4 N–H and O–H groups in total. The van der Waals surface area contributed by atoms with Crippen molar-refractivity contribution in [1.82, 2.24) is 0 Å². The number of hydrogen-bond donors (Lipinski definition) is 4. The first-order valence-corrected chi connectivity index (χ1v) is 8.78. The lowest BCUT2D eigenvalue weighted by Gasteiger charge is -2.42. The molecule has 8 nitrogen and oxygen atoms in total. The molecule has 0 aromatic rings. The zero-order valence-electron chi connectivity index (χ0n) is 12.3. The second kappa shape index (κ2) is 7.99. The Hall–Kier alpha value is -0.0500. The van der Waals surface area contributed by atoms with Gasteiger partial charge in [-0.15, -0.1) is 0 Å². The van der Waals surface area contributed by atoms with E-state index >= 15 is 0 Å². The molecule has 0 aromatic heterocycles. The molecule has 1 heterocycles. The standard InChI is InChI=1S/C12H25O8P/c1-3-18-21(17,19-4-2)6-5-9-7-10(14)11(15)12(16,8-13)20-9/h9-11,13-16H,3-8H2,1-2H3/t9-,10-,11+,12+/m1/s1. The van der Waals surface area contributed by atoms with E-state index < -0.39 is 38.3 Å². The molecule has 0 amide bonds. The molecule has 1 rings (SSSR count). The van der Waals surface area contributed by atoms with E-state index in [1.54, 1.807) is 13.8 Å². The van der Waals surface area contributed by atoms with Crippen molar-refractivity contribution in [2.24, 2.45) is 0 Å². The van der Waals surface area contributed by atoms with Gasteiger partial charge in [-0.3, -0.25) is 4.57 Å². The maximum atomic E-state index is 12.3. The summed E-state index contributed by atoms with van der Waals surface area (Å²) >= 11 is 0. The van der Waals surface area contributed by atoms with Crippen molar-refractivity contribution >= 4 is 7.60 Å². The molecule has 1 fully saturated rings. The molecule has 0 bridgehead atoms. The summed E-state index contributed by atoms with van der Waals surface area (Å²) in [4.78, 5) is 0. The largest absolute Gasteiger partial charge is 0.391 e. The minimum absolute atomic E-state index is 0.0573. The maximum absolute atomic E-state index is 12.3. The maximum Gasteiger partial charge on any atom is 0.330 e. The summed E-state index contributed by atoms with van der Waals surface area (Å²) in [6, 6.07) is 0. The predicted molar refractivity (Wildman–Crippen MR) is 73.9 cm³/mol. The quantitative estimate of drug-likeness (QED) is 0.453. The topological polar surface area (TPSA) is 126 Å². The number of aliphatic hydroxyl groups is 4. The van der Waals surface area contributed by atoms with Gasteiger partial charge < -0.3 is 34.2 Å². The summed E-state index contributed by atoms with van der Waals surface area (Å²) < 4.78 is 27.8. The Balaban J connectivity index is 2.64. The summed E-state index contributed by atoms with van der Waals surface area (Å²) in [6.07, 6.45) is -3.19. The van der Waals surface area contributed by atoms with Crippen LogP contribution in [-0.2, 0) is 18.3 Å². The van der Waals surface area contributed by atoms with E-state index in [-0.39, 0.29) is 32.2 Å². The Kier molecular flexibility index (Phi) is 7.23. The van der Waals surface area contributed by atoms with Crippen LogP contribution in [0.25, 0.3) is 0 Å². The minimum atomic E-state index is -3.24. The van der Waals surface area contributed by atoms with E-state index in [1.807, 2.05) is 0 Å². The molecule has 0 unspecified atom stereocenters. The molecule has 0 radical (unpaired) electrons. The SMILES string of the molecule is CCOP(=O)(CC[C@@H]1C[C@@H](O)[C@H](O)[C@](O)(CO)O1)OCC. The van der Waals surface area contributed by atoms with E-state index in [1.165, 1.54) is 0 Å². The monoisotopic (exact) mass is 328 g/mol. The fraction of sp³-hybridized carbons (Fsp3) is 1.00. The van der Waals surface area contributed by atoms with E-state index in [2.05, 4.69) is 0 Å². The third kappa shape index (κ3) is 4.97. The molecule has 1 aliphatic rings. The Morgan fingerprint density at radius 2 is 1.86 bits per heavy atom. The third-order valence-corrected chi connectivity index (χ3v) is 5.41. The van der Waals surface area contributed by atoms with Crippen LogP contribution in [0.4, 0.5) is 0 Å². The second-order valence-corrected chi connectivity index (χ2v) is 7.13. The molecule has 0 saturated carbocycles. The van der Waals surface area contributed by atoms with E-state index in [4.69, 9.17) is 18.9 Å². The van der Waals surface area contributed by atoms with Crippen LogP contribution in [0.2, 0.25) is 0 Å². The van der Waals surface area contributed by atoms with Crippen LogP contribution in [-0.4, -0.2) is 70.5 Å². The van der Waals surface area contributed by atoms with Crippen molar-refractivity contribution in [3.05, 3.63) is 0 Å². The summed E-state index contributed by atoms with van der Waals surface area (Å²) in [5.74, 6) is -2.22. The van der Waals surface area contributed by atoms with Crippen molar-refractivity contribution < 1.29 is 38.8 Å². The van der Waals surface area contributed by atoms with Crippen LogP contribution in [0.5, 0.6) is 0 Å². The molecule has 0 aromatic carbocycles. The van der Waals surface area contributed by atoms with E-state index in [0.29, 0.717) is 0 Å². The number of ether oxygens (including phenoxy) is 1. The smallest absolute Gasteiger partial charge is 0.330 e. The highest BCUT2D eigenvalue weighted by molar-refractivity contribution is 7.53. The Morgan fingerprint density at radius 1 is 1.29 bits per heavy atom. The highest BCUT2D eigenvalue weighted by atomic mass is 31.2. The molecular weight excluding hydrogens is 303 g/mol. The number of aliphatic hydroxyl groups excluding tert-OH is 3. The first-order valence-electron chi connectivity index (χ1n) is 7.05. The van der Waals surface area contributed by atoms with Gasteiger partial charge in [0.2, 0.25) is 5.79 Å². The predicted octanol–water partition coefficient (Wildman–Crippen LogP) is -0.166. The zero-order valence-corrected chi connectivity index (χ0v) is 13.2. The molecule has 0 spiro atoms. The Labute approximate surface area is 124 Å². The van der Waals surface area contributed by atoms with E-state index in [9.17, 15) is 19.9 Å². The Bertz CT molecular complexity index is 355. The van der Waals surface area contributed by atoms with Crippen LogP contribution in [0.3, 0.4) is 0 Å². The summed E-state index contributed by atoms with van der Waals surface area (Å²) in [7, 11) is -3.24. The van der Waals surface area contributed by atoms with Crippen LogP contribution in [0.15, 0.2) is 0 Å². The van der Waals surface area contributed by atoms with Gasteiger partial charge in [-0.1, -0.05) is 0 Å². The molecule has 1 saturated heterocycles. The highest BCUT2D eigenvalue weighted by Gasteiger charge is 2.48. The average molecular weight is 328 g/mol. The van der Waals surface area contributed by atoms with Gasteiger partial charge in [0.1, 0.15) is 6.10 Å². The molecule has 1 aliphatic heterocycles. The van der Waals surface area contributed by atoms with Crippen molar-refractivity contribution in [2.75, 3.05) is 26.0 Å². The summed E-state index contributed by atoms with van der Waals surface area (Å²) in [5, 5.41) is 38.4. The molecule has 4 atom stereocenters. The van der Waals surface area contributed by atoms with E-state index in [0.717, 1.165) is 0 Å². The lowest BCUT2D eigenvalue weighted by atomic mass is 9.94. The second-order valence-electron chi connectivity index (χ2n) is 4.95. The van der Waals surface area contributed by atoms with Crippen molar-refractivity contribution in [1.29, 1.82) is 0 Å². The van der Waals surface area contributed by atoms with Gasteiger partial charge in [0.05, 0.1) is 38.2 Å². The zero-order chi connectivity index (χ0) is 16.1. The molecule has 21 heavy (non-hydrogen) atoms. The van der Waals surface area contributed by atoms with Gasteiger partial charge in [-0.25, -0.2) is 0 Å². The van der Waals surface area contributed by atoms with Crippen molar-refractivity contribution in [2.45, 2.75) is 50.8 Å². The highest BCUT2D eigenvalue weighted by Crippen LogP contribution is 2.49. The van der Waals surface area contributed by atoms with Gasteiger partial charge in [0.25, 0.3) is 0 Å². The fourth-order valence-electron chi connectivity index (χ4n) is 2.27. The normalized spacial score (nSPS) is 34.1.